The summed E-state index contributed by atoms with van der Waals surface area (Å²) in [6, 6.07) is 12.9. The third-order valence-corrected chi connectivity index (χ3v) is 5.72. The molecule has 21 heavy (non-hydrogen) atoms. The van der Waals surface area contributed by atoms with Crippen LogP contribution >= 0.6 is 15.9 Å². The largest absolute Gasteiger partial charge is 0.398 e. The van der Waals surface area contributed by atoms with E-state index in [0.29, 0.717) is 11.0 Å². The molecule has 0 heterocycles. The number of hydrogen-bond acceptors (Lipinski definition) is 3. The van der Waals surface area contributed by atoms with Crippen LogP contribution in [0.2, 0.25) is 0 Å². The van der Waals surface area contributed by atoms with E-state index in [1.54, 1.807) is 12.1 Å². The smallest absolute Gasteiger partial charge is 0.242 e. The zero-order valence-electron chi connectivity index (χ0n) is 11.2. The second-order valence-corrected chi connectivity index (χ2v) is 7.78. The third-order valence-electron chi connectivity index (χ3n) is 3.75. The molecule has 110 valence electrons. The van der Waals surface area contributed by atoms with Gasteiger partial charge in [0, 0.05) is 16.9 Å². The molecule has 3 N–H and O–H groups in total. The van der Waals surface area contributed by atoms with E-state index >= 15 is 0 Å². The first-order valence-electron chi connectivity index (χ1n) is 6.60. The average molecular weight is 367 g/mol. The highest BCUT2D eigenvalue weighted by Crippen LogP contribution is 2.34. The van der Waals surface area contributed by atoms with Gasteiger partial charge in [0.05, 0.1) is 5.69 Å². The van der Waals surface area contributed by atoms with Gasteiger partial charge in [0.25, 0.3) is 0 Å². The lowest BCUT2D eigenvalue weighted by Crippen LogP contribution is -2.33. The number of anilines is 1. The predicted octanol–water partition coefficient (Wildman–Crippen LogP) is 2.65. The van der Waals surface area contributed by atoms with E-state index in [9.17, 15) is 8.42 Å². The Kier molecular flexibility index (Phi) is 3.77. The number of nitrogens with one attached hydrogen (secondary N) is 1. The highest BCUT2D eigenvalue weighted by molar-refractivity contribution is 9.10. The molecule has 1 unspecified atom stereocenters. The van der Waals surface area contributed by atoms with E-state index in [-0.39, 0.29) is 16.5 Å². The first-order chi connectivity index (χ1) is 9.97. The SMILES string of the molecule is Nc1ccc(Br)cc1S(=O)(=O)NCC1Cc2ccccc21. The van der Waals surface area contributed by atoms with Crippen molar-refractivity contribution in [2.45, 2.75) is 17.2 Å². The second kappa shape index (κ2) is 5.44. The van der Waals surface area contributed by atoms with Crippen molar-refractivity contribution in [3.05, 3.63) is 58.1 Å². The highest BCUT2D eigenvalue weighted by Gasteiger charge is 2.27. The predicted molar refractivity (Wildman–Crippen MR) is 86.6 cm³/mol. The Morgan fingerprint density at radius 3 is 2.76 bits per heavy atom. The van der Waals surface area contributed by atoms with Crippen molar-refractivity contribution in [2.24, 2.45) is 0 Å². The molecule has 0 amide bonds. The monoisotopic (exact) mass is 366 g/mol. The molecule has 0 aliphatic heterocycles. The molecule has 0 saturated carbocycles. The molecule has 1 aliphatic carbocycles. The minimum atomic E-state index is -3.59. The summed E-state index contributed by atoms with van der Waals surface area (Å²) in [6.07, 6.45) is 0.909. The van der Waals surface area contributed by atoms with E-state index in [1.807, 2.05) is 18.2 Å². The van der Waals surface area contributed by atoms with Crippen molar-refractivity contribution in [3.63, 3.8) is 0 Å². The molecule has 3 rings (SSSR count). The molecule has 0 radical (unpaired) electrons. The first-order valence-corrected chi connectivity index (χ1v) is 8.87. The quantitative estimate of drug-likeness (QED) is 0.817. The van der Waals surface area contributed by atoms with E-state index < -0.39 is 10.0 Å². The van der Waals surface area contributed by atoms with Gasteiger partial charge in [-0.25, -0.2) is 13.1 Å². The van der Waals surface area contributed by atoms with Crippen molar-refractivity contribution in [2.75, 3.05) is 12.3 Å². The fourth-order valence-corrected chi connectivity index (χ4v) is 4.32. The number of rotatable bonds is 4. The lowest BCUT2D eigenvalue weighted by Gasteiger charge is -2.30. The molecule has 1 atom stereocenters. The van der Waals surface area contributed by atoms with Gasteiger partial charge in [-0.3, -0.25) is 0 Å². The van der Waals surface area contributed by atoms with Crippen LogP contribution in [-0.2, 0) is 16.4 Å². The van der Waals surface area contributed by atoms with Gasteiger partial charge in [0.2, 0.25) is 10.0 Å². The number of nitrogens with two attached hydrogens (primary N) is 1. The molecule has 6 heteroatoms. The standard InChI is InChI=1S/C15H15BrN2O2S/c16-12-5-6-14(17)15(8-12)21(19,20)18-9-11-7-10-3-1-2-4-13(10)11/h1-6,8,11,18H,7,9,17H2. The number of hydrogen-bond donors (Lipinski definition) is 2. The summed E-state index contributed by atoms with van der Waals surface area (Å²) >= 11 is 3.27. The fraction of sp³-hybridized carbons (Fsp3) is 0.200. The van der Waals surface area contributed by atoms with Crippen LogP contribution in [-0.4, -0.2) is 15.0 Å². The summed E-state index contributed by atoms with van der Waals surface area (Å²) in [4.78, 5) is 0.115. The van der Waals surface area contributed by atoms with Gasteiger partial charge in [-0.05, 0) is 35.7 Å². The number of benzene rings is 2. The van der Waals surface area contributed by atoms with Crippen LogP contribution in [0, 0.1) is 0 Å². The fourth-order valence-electron chi connectivity index (χ4n) is 2.57. The summed E-state index contributed by atoms with van der Waals surface area (Å²) in [5.74, 6) is 0.240. The van der Waals surface area contributed by atoms with E-state index in [0.717, 1.165) is 6.42 Å². The van der Waals surface area contributed by atoms with Crippen LogP contribution in [0.25, 0.3) is 0 Å². The van der Waals surface area contributed by atoms with Crippen molar-refractivity contribution in [1.82, 2.24) is 4.72 Å². The summed E-state index contributed by atoms with van der Waals surface area (Å²) in [5.41, 5.74) is 8.53. The summed E-state index contributed by atoms with van der Waals surface area (Å²) in [7, 11) is -3.59. The lowest BCUT2D eigenvalue weighted by atomic mass is 9.78. The molecule has 0 fully saturated rings. The maximum Gasteiger partial charge on any atom is 0.242 e. The molecule has 0 saturated heterocycles. The van der Waals surface area contributed by atoms with Crippen LogP contribution in [0.1, 0.15) is 17.0 Å². The first kappa shape index (κ1) is 14.6. The van der Waals surface area contributed by atoms with Crippen molar-refractivity contribution >= 4 is 31.6 Å². The van der Waals surface area contributed by atoms with Crippen LogP contribution in [0.5, 0.6) is 0 Å². The van der Waals surface area contributed by atoms with E-state index in [4.69, 9.17) is 5.73 Å². The molecule has 0 spiro atoms. The topological polar surface area (TPSA) is 72.2 Å². The van der Waals surface area contributed by atoms with Crippen LogP contribution in [0.3, 0.4) is 0 Å². The Morgan fingerprint density at radius 1 is 1.24 bits per heavy atom. The van der Waals surface area contributed by atoms with Gasteiger partial charge in [0.15, 0.2) is 0 Å². The third kappa shape index (κ3) is 2.84. The molecule has 4 nitrogen and oxygen atoms in total. The van der Waals surface area contributed by atoms with Crippen LogP contribution in [0.4, 0.5) is 5.69 Å². The summed E-state index contributed by atoms with van der Waals surface area (Å²) in [6.45, 7) is 0.394. The zero-order valence-corrected chi connectivity index (χ0v) is 13.6. The Bertz CT molecular complexity index is 790. The summed E-state index contributed by atoms with van der Waals surface area (Å²) in [5, 5.41) is 0. The summed E-state index contributed by atoms with van der Waals surface area (Å²) < 4.78 is 28.0. The highest BCUT2D eigenvalue weighted by atomic mass is 79.9. The van der Waals surface area contributed by atoms with Crippen molar-refractivity contribution in [3.8, 4) is 0 Å². The van der Waals surface area contributed by atoms with Gasteiger partial charge in [0.1, 0.15) is 4.90 Å². The Labute approximate surface area is 132 Å². The number of nitrogen functional groups attached to an aromatic ring is 1. The average Bonchev–Trinajstić information content (AvgIpc) is 2.42. The minimum Gasteiger partial charge on any atom is -0.398 e. The van der Waals surface area contributed by atoms with Gasteiger partial charge in [-0.1, -0.05) is 40.2 Å². The lowest BCUT2D eigenvalue weighted by molar-refractivity contribution is 0.552. The molecule has 2 aromatic carbocycles. The zero-order chi connectivity index (χ0) is 15.0. The number of sulfonamides is 1. The van der Waals surface area contributed by atoms with Crippen molar-refractivity contribution in [1.29, 1.82) is 0 Å². The molecule has 0 aromatic heterocycles. The molecular weight excluding hydrogens is 352 g/mol. The van der Waals surface area contributed by atoms with Gasteiger partial charge in [-0.2, -0.15) is 0 Å². The Morgan fingerprint density at radius 2 is 2.00 bits per heavy atom. The van der Waals surface area contributed by atoms with Gasteiger partial charge in [-0.15, -0.1) is 0 Å². The maximum atomic E-state index is 12.3. The van der Waals surface area contributed by atoms with Gasteiger partial charge < -0.3 is 5.73 Å². The van der Waals surface area contributed by atoms with Crippen LogP contribution < -0.4 is 10.5 Å². The minimum absolute atomic E-state index is 0.115. The Hall–Kier alpha value is -1.37. The number of halogens is 1. The second-order valence-electron chi connectivity index (χ2n) is 5.13. The van der Waals surface area contributed by atoms with Gasteiger partial charge >= 0.3 is 0 Å². The molecule has 1 aliphatic rings. The number of fused-ring (bicyclic) bond motifs is 1. The Balaban J connectivity index is 1.75. The normalized spacial score (nSPS) is 17.1. The van der Waals surface area contributed by atoms with Crippen LogP contribution in [0.15, 0.2) is 51.8 Å². The van der Waals surface area contributed by atoms with E-state index in [2.05, 4.69) is 26.7 Å². The molecule has 2 aromatic rings. The van der Waals surface area contributed by atoms with Crippen molar-refractivity contribution < 1.29 is 8.42 Å². The maximum absolute atomic E-state index is 12.3. The van der Waals surface area contributed by atoms with E-state index in [1.165, 1.54) is 17.2 Å². The molecule has 0 bridgehead atoms. The molecular formula is C15H15BrN2O2S.